The van der Waals surface area contributed by atoms with Crippen LogP contribution in [0.2, 0.25) is 0 Å². The van der Waals surface area contributed by atoms with Gasteiger partial charge in [0.05, 0.1) is 6.54 Å². The first-order valence-electron chi connectivity index (χ1n) is 8.68. The van der Waals surface area contributed by atoms with E-state index in [0.717, 1.165) is 24.8 Å². The van der Waals surface area contributed by atoms with Gasteiger partial charge < -0.3 is 9.73 Å². The highest BCUT2D eigenvalue weighted by molar-refractivity contribution is 5.17. The van der Waals surface area contributed by atoms with Crippen LogP contribution in [0, 0.1) is 11.8 Å². The van der Waals surface area contributed by atoms with E-state index >= 15 is 0 Å². The van der Waals surface area contributed by atoms with Crippen LogP contribution in [0.25, 0.3) is 0 Å². The number of furan rings is 1. The van der Waals surface area contributed by atoms with E-state index in [1.165, 1.54) is 38.1 Å². The van der Waals surface area contributed by atoms with Gasteiger partial charge in [-0.3, -0.25) is 4.90 Å². The fourth-order valence-corrected chi connectivity index (χ4v) is 3.61. The van der Waals surface area contributed by atoms with Crippen LogP contribution in [0.15, 0.2) is 16.5 Å². The Morgan fingerprint density at radius 3 is 2.62 bits per heavy atom. The van der Waals surface area contributed by atoms with Gasteiger partial charge in [-0.05, 0) is 56.3 Å². The third kappa shape index (κ3) is 3.70. The van der Waals surface area contributed by atoms with Crippen LogP contribution in [0.3, 0.4) is 0 Å². The molecule has 0 aromatic carbocycles. The lowest BCUT2D eigenvalue weighted by Crippen LogP contribution is -2.44. The molecule has 3 heteroatoms. The summed E-state index contributed by atoms with van der Waals surface area (Å²) >= 11 is 0. The molecule has 3 unspecified atom stereocenters. The molecule has 118 valence electrons. The summed E-state index contributed by atoms with van der Waals surface area (Å²) in [6.07, 6.45) is 4.03. The summed E-state index contributed by atoms with van der Waals surface area (Å²) in [4.78, 5) is 2.65. The average Bonchev–Trinajstić information content (AvgIpc) is 2.89. The van der Waals surface area contributed by atoms with E-state index in [0.29, 0.717) is 17.9 Å². The molecule has 1 aromatic heterocycles. The van der Waals surface area contributed by atoms with Crippen molar-refractivity contribution in [3.63, 3.8) is 0 Å². The van der Waals surface area contributed by atoms with Crippen molar-refractivity contribution in [2.24, 2.45) is 11.8 Å². The van der Waals surface area contributed by atoms with Gasteiger partial charge in [-0.25, -0.2) is 0 Å². The Morgan fingerprint density at radius 1 is 1.29 bits per heavy atom. The van der Waals surface area contributed by atoms with Gasteiger partial charge in [0.15, 0.2) is 0 Å². The van der Waals surface area contributed by atoms with Crippen LogP contribution in [0.5, 0.6) is 0 Å². The van der Waals surface area contributed by atoms with E-state index in [9.17, 15) is 0 Å². The van der Waals surface area contributed by atoms with Crippen molar-refractivity contribution in [3.8, 4) is 0 Å². The van der Waals surface area contributed by atoms with E-state index in [2.05, 4.69) is 43.1 Å². The molecule has 1 aromatic rings. The fraction of sp³-hybridized carbons (Fsp3) is 0.778. The molecule has 0 radical (unpaired) electrons. The number of rotatable bonds is 7. The molecule has 1 aliphatic heterocycles. The number of hydrogen-bond acceptors (Lipinski definition) is 3. The first kappa shape index (κ1) is 15.1. The molecule has 3 atom stereocenters. The van der Waals surface area contributed by atoms with Crippen molar-refractivity contribution in [3.05, 3.63) is 23.7 Å². The zero-order valence-corrected chi connectivity index (χ0v) is 13.8. The molecule has 1 saturated carbocycles. The molecule has 0 bridgehead atoms. The summed E-state index contributed by atoms with van der Waals surface area (Å²) in [6.45, 7) is 11.4. The van der Waals surface area contributed by atoms with Crippen LogP contribution >= 0.6 is 0 Å². The predicted octanol–water partition coefficient (Wildman–Crippen LogP) is 3.61. The van der Waals surface area contributed by atoms with Gasteiger partial charge in [0.2, 0.25) is 0 Å². The Morgan fingerprint density at radius 2 is 2.00 bits per heavy atom. The molecule has 21 heavy (non-hydrogen) atoms. The van der Waals surface area contributed by atoms with Crippen molar-refractivity contribution in [2.45, 2.75) is 58.5 Å². The van der Waals surface area contributed by atoms with E-state index in [1.807, 2.05) is 0 Å². The molecule has 3 rings (SSSR count). The molecule has 2 fully saturated rings. The highest BCUT2D eigenvalue weighted by Gasteiger charge is 2.36. The van der Waals surface area contributed by atoms with Gasteiger partial charge in [0, 0.05) is 18.5 Å². The Hall–Kier alpha value is -0.800. The lowest BCUT2D eigenvalue weighted by atomic mass is 10.0. The average molecular weight is 290 g/mol. The standard InChI is InChI=1S/C18H30N2O/c1-13(2)17(20-8-4-5-9-20)12-19-11-15-6-7-18(21-15)16-10-14(16)3/h6-7,13-14,16-17,19H,4-5,8-12H2,1-3H3. The smallest absolute Gasteiger partial charge is 0.117 e. The Kier molecular flexibility index (Phi) is 4.70. The predicted molar refractivity (Wildman–Crippen MR) is 86.4 cm³/mol. The van der Waals surface area contributed by atoms with Crippen molar-refractivity contribution in [1.29, 1.82) is 0 Å². The second-order valence-corrected chi connectivity index (χ2v) is 7.31. The number of nitrogens with zero attached hydrogens (tertiary/aromatic N) is 1. The molecule has 1 N–H and O–H groups in total. The minimum atomic E-state index is 0.658. The molecule has 1 saturated heterocycles. The zero-order valence-electron chi connectivity index (χ0n) is 13.8. The molecular formula is C18H30N2O. The van der Waals surface area contributed by atoms with Crippen molar-refractivity contribution in [1.82, 2.24) is 10.2 Å². The molecule has 2 heterocycles. The Labute approximate surface area is 129 Å². The Bertz CT molecular complexity index is 448. The summed E-state index contributed by atoms with van der Waals surface area (Å²) in [6, 6.07) is 4.98. The van der Waals surface area contributed by atoms with Crippen LogP contribution in [-0.2, 0) is 6.54 Å². The number of nitrogens with one attached hydrogen (secondary N) is 1. The van der Waals surface area contributed by atoms with Gasteiger partial charge >= 0.3 is 0 Å². The van der Waals surface area contributed by atoms with Crippen LogP contribution < -0.4 is 5.32 Å². The highest BCUT2D eigenvalue weighted by atomic mass is 16.3. The lowest BCUT2D eigenvalue weighted by Gasteiger charge is -2.31. The maximum atomic E-state index is 5.97. The van der Waals surface area contributed by atoms with Crippen LogP contribution in [-0.4, -0.2) is 30.6 Å². The molecule has 1 aliphatic carbocycles. The topological polar surface area (TPSA) is 28.4 Å². The minimum Gasteiger partial charge on any atom is -0.464 e. The van der Waals surface area contributed by atoms with Crippen LogP contribution in [0.1, 0.15) is 57.5 Å². The second kappa shape index (κ2) is 6.53. The quantitative estimate of drug-likeness (QED) is 0.831. The van der Waals surface area contributed by atoms with Crippen molar-refractivity contribution >= 4 is 0 Å². The van der Waals surface area contributed by atoms with Crippen molar-refractivity contribution in [2.75, 3.05) is 19.6 Å². The third-order valence-electron chi connectivity index (χ3n) is 5.19. The summed E-state index contributed by atoms with van der Waals surface area (Å²) in [5.74, 6) is 4.49. The summed E-state index contributed by atoms with van der Waals surface area (Å²) in [7, 11) is 0. The monoisotopic (exact) mass is 290 g/mol. The van der Waals surface area contributed by atoms with Gasteiger partial charge in [-0.2, -0.15) is 0 Å². The normalized spacial score (nSPS) is 27.4. The highest BCUT2D eigenvalue weighted by Crippen LogP contribution is 2.47. The van der Waals surface area contributed by atoms with Crippen LogP contribution in [0.4, 0.5) is 0 Å². The summed E-state index contributed by atoms with van der Waals surface area (Å²) in [5.41, 5.74) is 0. The molecule has 2 aliphatic rings. The summed E-state index contributed by atoms with van der Waals surface area (Å²) < 4.78 is 5.97. The SMILES string of the molecule is CC(C)C(CNCc1ccc(C2CC2C)o1)N1CCCC1. The van der Waals surface area contributed by atoms with E-state index in [4.69, 9.17) is 4.42 Å². The lowest BCUT2D eigenvalue weighted by molar-refractivity contribution is 0.185. The molecular weight excluding hydrogens is 260 g/mol. The van der Waals surface area contributed by atoms with Gasteiger partial charge in [0.1, 0.15) is 11.5 Å². The maximum absolute atomic E-state index is 5.97. The van der Waals surface area contributed by atoms with E-state index < -0.39 is 0 Å². The van der Waals surface area contributed by atoms with Gasteiger partial charge in [-0.15, -0.1) is 0 Å². The maximum Gasteiger partial charge on any atom is 0.117 e. The summed E-state index contributed by atoms with van der Waals surface area (Å²) in [5, 5.41) is 3.61. The number of hydrogen-bond donors (Lipinski definition) is 1. The first-order chi connectivity index (χ1) is 10.1. The van der Waals surface area contributed by atoms with Gasteiger partial charge in [0.25, 0.3) is 0 Å². The second-order valence-electron chi connectivity index (χ2n) is 7.31. The largest absolute Gasteiger partial charge is 0.464 e. The molecule has 0 amide bonds. The third-order valence-corrected chi connectivity index (χ3v) is 5.19. The first-order valence-corrected chi connectivity index (χ1v) is 8.68. The number of likely N-dealkylation sites (tertiary alicyclic amines) is 1. The molecule has 0 spiro atoms. The fourth-order valence-electron chi connectivity index (χ4n) is 3.61. The van der Waals surface area contributed by atoms with Crippen molar-refractivity contribution < 1.29 is 4.42 Å². The minimum absolute atomic E-state index is 0.658. The Balaban J connectivity index is 1.46. The molecule has 3 nitrogen and oxygen atoms in total. The van der Waals surface area contributed by atoms with E-state index in [-0.39, 0.29) is 0 Å². The van der Waals surface area contributed by atoms with E-state index in [1.54, 1.807) is 0 Å². The zero-order chi connectivity index (χ0) is 14.8. The van der Waals surface area contributed by atoms with Gasteiger partial charge in [-0.1, -0.05) is 20.8 Å².